The van der Waals surface area contributed by atoms with Crippen LogP contribution in [0.1, 0.15) is 6.92 Å². The van der Waals surface area contributed by atoms with Crippen LogP contribution < -0.4 is 10.1 Å². The Morgan fingerprint density at radius 2 is 2.00 bits per heavy atom. The minimum Gasteiger partial charge on any atom is -0.463 e. The van der Waals surface area contributed by atoms with E-state index in [1.165, 1.54) is 0 Å². The van der Waals surface area contributed by atoms with E-state index in [-0.39, 0.29) is 5.91 Å². The molecule has 0 saturated heterocycles. The quantitative estimate of drug-likeness (QED) is 0.833. The van der Waals surface area contributed by atoms with E-state index in [1.54, 1.807) is 13.1 Å². The molecule has 90 valence electrons. The summed E-state index contributed by atoms with van der Waals surface area (Å²) in [6.07, 6.45) is 1.26. The summed E-state index contributed by atoms with van der Waals surface area (Å²) in [4.78, 5) is 15.8. The van der Waals surface area contributed by atoms with Crippen LogP contribution in [-0.4, -0.2) is 17.0 Å². The third kappa shape index (κ3) is 1.82. The third-order valence-corrected chi connectivity index (χ3v) is 2.87. The number of hydrogen-bond donors (Lipinski definition) is 1. The van der Waals surface area contributed by atoms with Gasteiger partial charge in [-0.2, -0.15) is 0 Å². The lowest BCUT2D eigenvalue weighted by molar-refractivity contribution is -0.122. The van der Waals surface area contributed by atoms with Gasteiger partial charge < -0.3 is 10.1 Å². The number of ether oxygens (including phenoxy) is 1. The lowest BCUT2D eigenvalue weighted by Gasteiger charge is -2.22. The number of hydrogen-bond acceptors (Lipinski definition) is 3. The first-order valence-corrected chi connectivity index (χ1v) is 5.77. The number of amides is 1. The van der Waals surface area contributed by atoms with Crippen molar-refractivity contribution in [3.63, 3.8) is 0 Å². The number of aromatic nitrogens is 1. The average molecular weight is 240 g/mol. The maximum Gasteiger partial charge on any atom is 0.265 e. The minimum absolute atomic E-state index is 0.144. The van der Waals surface area contributed by atoms with Crippen LogP contribution in [0.15, 0.2) is 42.6 Å². The number of nitrogens with zero attached hydrogens (tertiary/aromatic N) is 1. The Kier molecular flexibility index (Phi) is 2.48. The van der Waals surface area contributed by atoms with Gasteiger partial charge in [-0.1, -0.05) is 30.3 Å². The van der Waals surface area contributed by atoms with Crippen LogP contribution in [0.3, 0.4) is 0 Å². The molecule has 0 bridgehead atoms. The first-order valence-electron chi connectivity index (χ1n) is 5.77. The van der Waals surface area contributed by atoms with Gasteiger partial charge in [-0.3, -0.25) is 4.79 Å². The predicted octanol–water partition coefficient (Wildman–Crippen LogP) is 2.47. The molecule has 1 amide bonds. The van der Waals surface area contributed by atoms with Crippen molar-refractivity contribution in [2.45, 2.75) is 13.0 Å². The van der Waals surface area contributed by atoms with Gasteiger partial charge in [-0.15, -0.1) is 0 Å². The Bertz CT molecular complexity index is 596. The Balaban J connectivity index is 2.02. The maximum absolute atomic E-state index is 11.5. The van der Waals surface area contributed by atoms with Crippen LogP contribution in [0.5, 0.6) is 5.88 Å². The normalized spacial score (nSPS) is 17.6. The number of carbonyl (C=O) groups is 1. The van der Waals surface area contributed by atoms with Crippen molar-refractivity contribution in [1.29, 1.82) is 0 Å². The molecule has 2 heterocycles. The highest BCUT2D eigenvalue weighted by Gasteiger charge is 2.24. The lowest BCUT2D eigenvalue weighted by atomic mass is 10.1. The van der Waals surface area contributed by atoms with Gasteiger partial charge in [0.2, 0.25) is 5.88 Å². The van der Waals surface area contributed by atoms with Crippen LogP contribution in [0, 0.1) is 0 Å². The largest absolute Gasteiger partial charge is 0.463 e. The zero-order valence-corrected chi connectivity index (χ0v) is 9.88. The van der Waals surface area contributed by atoms with E-state index < -0.39 is 6.10 Å². The Labute approximate surface area is 105 Å². The van der Waals surface area contributed by atoms with Gasteiger partial charge in [0.05, 0.1) is 0 Å². The molecule has 4 heteroatoms. The molecular weight excluding hydrogens is 228 g/mol. The van der Waals surface area contributed by atoms with Gasteiger partial charge in [0, 0.05) is 11.8 Å². The minimum atomic E-state index is -0.493. The van der Waals surface area contributed by atoms with E-state index >= 15 is 0 Å². The fourth-order valence-corrected chi connectivity index (χ4v) is 1.88. The number of anilines is 1. The Morgan fingerprint density at radius 3 is 2.78 bits per heavy atom. The maximum atomic E-state index is 11.5. The molecule has 0 aliphatic carbocycles. The fourth-order valence-electron chi connectivity index (χ4n) is 1.88. The van der Waals surface area contributed by atoms with Crippen LogP contribution in [0.25, 0.3) is 11.1 Å². The molecule has 0 radical (unpaired) electrons. The summed E-state index contributed by atoms with van der Waals surface area (Å²) in [6.45, 7) is 1.70. The first-order chi connectivity index (χ1) is 8.74. The Hall–Kier alpha value is -2.36. The van der Waals surface area contributed by atoms with Crippen LogP contribution in [0.2, 0.25) is 0 Å². The first kappa shape index (κ1) is 10.8. The molecule has 1 aliphatic rings. The fraction of sp³-hybridized carbons (Fsp3) is 0.143. The molecule has 1 N–H and O–H groups in total. The summed E-state index contributed by atoms with van der Waals surface area (Å²) in [6, 6.07) is 11.8. The summed E-state index contributed by atoms with van der Waals surface area (Å²) in [7, 11) is 0. The second-order valence-corrected chi connectivity index (χ2v) is 4.19. The van der Waals surface area contributed by atoms with E-state index in [2.05, 4.69) is 10.3 Å². The van der Waals surface area contributed by atoms with Gasteiger partial charge in [0.25, 0.3) is 5.91 Å². The van der Waals surface area contributed by atoms with E-state index in [1.807, 2.05) is 36.4 Å². The zero-order chi connectivity index (χ0) is 12.5. The topological polar surface area (TPSA) is 51.2 Å². The number of benzene rings is 1. The molecule has 0 saturated carbocycles. The Morgan fingerprint density at radius 1 is 1.22 bits per heavy atom. The SMILES string of the molecule is CC1Oc2ncc(-c3ccccc3)cc2NC1=O. The van der Waals surface area contributed by atoms with Crippen molar-refractivity contribution in [3.8, 4) is 17.0 Å². The lowest BCUT2D eigenvalue weighted by Crippen LogP contribution is -2.34. The average Bonchev–Trinajstić information content (AvgIpc) is 2.41. The molecule has 1 atom stereocenters. The van der Waals surface area contributed by atoms with Crippen molar-refractivity contribution < 1.29 is 9.53 Å². The number of carbonyl (C=O) groups excluding carboxylic acids is 1. The highest BCUT2D eigenvalue weighted by atomic mass is 16.5. The second-order valence-electron chi connectivity index (χ2n) is 4.19. The van der Waals surface area contributed by atoms with E-state index in [4.69, 9.17) is 4.74 Å². The van der Waals surface area contributed by atoms with E-state index in [9.17, 15) is 4.79 Å². The molecule has 1 unspecified atom stereocenters. The third-order valence-electron chi connectivity index (χ3n) is 2.87. The summed E-state index contributed by atoms with van der Waals surface area (Å²) in [5.41, 5.74) is 2.63. The number of fused-ring (bicyclic) bond motifs is 1. The van der Waals surface area contributed by atoms with Gasteiger partial charge in [0.1, 0.15) is 5.69 Å². The summed E-state index contributed by atoms with van der Waals surface area (Å²) in [5.74, 6) is 0.330. The number of pyridine rings is 1. The molecule has 1 aromatic heterocycles. The van der Waals surface area contributed by atoms with Crippen LogP contribution >= 0.6 is 0 Å². The molecule has 1 aromatic carbocycles. The highest BCUT2D eigenvalue weighted by Crippen LogP contribution is 2.31. The van der Waals surface area contributed by atoms with Crippen LogP contribution in [-0.2, 0) is 4.79 Å². The van der Waals surface area contributed by atoms with Gasteiger partial charge in [-0.25, -0.2) is 4.98 Å². The van der Waals surface area contributed by atoms with E-state index in [0.29, 0.717) is 11.6 Å². The molecule has 0 fully saturated rings. The van der Waals surface area contributed by atoms with Crippen molar-refractivity contribution in [1.82, 2.24) is 4.98 Å². The zero-order valence-electron chi connectivity index (χ0n) is 9.88. The number of nitrogens with one attached hydrogen (secondary N) is 1. The molecule has 18 heavy (non-hydrogen) atoms. The summed E-state index contributed by atoms with van der Waals surface area (Å²) in [5, 5.41) is 2.79. The van der Waals surface area contributed by atoms with E-state index in [0.717, 1.165) is 11.1 Å². The monoisotopic (exact) mass is 240 g/mol. The standard InChI is InChI=1S/C14H12N2O2/c1-9-13(17)16-12-7-11(8-15-14(12)18-9)10-5-3-2-4-6-10/h2-9H,1H3,(H,16,17). The summed E-state index contributed by atoms with van der Waals surface area (Å²) >= 11 is 0. The van der Waals surface area contributed by atoms with Crippen molar-refractivity contribution in [2.24, 2.45) is 0 Å². The second kappa shape index (κ2) is 4.14. The highest BCUT2D eigenvalue weighted by molar-refractivity contribution is 5.97. The van der Waals surface area contributed by atoms with Gasteiger partial charge in [0.15, 0.2) is 6.10 Å². The molecule has 3 rings (SSSR count). The molecule has 0 spiro atoms. The summed E-state index contributed by atoms with van der Waals surface area (Å²) < 4.78 is 5.41. The molecule has 2 aromatic rings. The smallest absolute Gasteiger partial charge is 0.265 e. The van der Waals surface area contributed by atoms with Gasteiger partial charge in [-0.05, 0) is 18.6 Å². The molecular formula is C14H12N2O2. The van der Waals surface area contributed by atoms with Crippen LogP contribution in [0.4, 0.5) is 5.69 Å². The van der Waals surface area contributed by atoms with Gasteiger partial charge >= 0.3 is 0 Å². The predicted molar refractivity (Wildman–Crippen MR) is 68.4 cm³/mol. The van der Waals surface area contributed by atoms with Crippen molar-refractivity contribution in [2.75, 3.05) is 5.32 Å². The van der Waals surface area contributed by atoms with Crippen molar-refractivity contribution in [3.05, 3.63) is 42.6 Å². The van der Waals surface area contributed by atoms with Crippen molar-refractivity contribution >= 4 is 11.6 Å². The molecule has 4 nitrogen and oxygen atoms in total. The number of rotatable bonds is 1. The molecule has 1 aliphatic heterocycles.